The van der Waals surface area contributed by atoms with Crippen LogP contribution >= 0.6 is 0 Å². The zero-order chi connectivity index (χ0) is 13.6. The lowest BCUT2D eigenvalue weighted by molar-refractivity contribution is -0.0572. The Morgan fingerprint density at radius 1 is 1.22 bits per heavy atom. The van der Waals surface area contributed by atoms with E-state index in [2.05, 4.69) is 23.8 Å². The molecule has 0 aromatic carbocycles. The summed E-state index contributed by atoms with van der Waals surface area (Å²) in [4.78, 5) is 8.95. The van der Waals surface area contributed by atoms with Crippen LogP contribution in [0, 0.1) is 0 Å². The fraction of sp³-hybridized carbons (Fsp3) is 0.714. The van der Waals surface area contributed by atoms with E-state index < -0.39 is 0 Å². The number of ether oxygens (including phenoxy) is 1. The average Bonchev–Trinajstić information content (AvgIpc) is 2.36. The maximum Gasteiger partial charge on any atom is 0.160 e. The van der Waals surface area contributed by atoms with Crippen molar-refractivity contribution < 1.29 is 4.74 Å². The predicted octanol–water partition coefficient (Wildman–Crippen LogP) is 2.42. The second-order valence-electron chi connectivity index (χ2n) is 4.73. The first-order valence-electron chi connectivity index (χ1n) is 6.78. The van der Waals surface area contributed by atoms with E-state index in [1.165, 1.54) is 0 Å². The van der Waals surface area contributed by atoms with Gasteiger partial charge in [0.2, 0.25) is 0 Å². The zero-order valence-electron chi connectivity index (χ0n) is 11.9. The third kappa shape index (κ3) is 3.50. The van der Waals surface area contributed by atoms with Crippen molar-refractivity contribution in [3.05, 3.63) is 23.8 Å². The van der Waals surface area contributed by atoms with Gasteiger partial charge in [-0.25, -0.2) is 9.97 Å². The highest BCUT2D eigenvalue weighted by Gasteiger charge is 2.31. The molecule has 1 aromatic heterocycles. The molecule has 102 valence electrons. The maximum atomic E-state index is 5.89. The minimum Gasteiger partial charge on any atom is -0.367 e. The summed E-state index contributed by atoms with van der Waals surface area (Å²) in [6, 6.07) is 0.133. The summed E-state index contributed by atoms with van der Waals surface area (Å²) in [5.74, 6) is 0.780. The van der Waals surface area contributed by atoms with E-state index >= 15 is 0 Å². The summed E-state index contributed by atoms with van der Waals surface area (Å²) >= 11 is 0. The van der Waals surface area contributed by atoms with Crippen molar-refractivity contribution in [1.82, 2.24) is 9.97 Å². The molecule has 1 aromatic rings. The van der Waals surface area contributed by atoms with Crippen LogP contribution in [0.3, 0.4) is 0 Å². The average molecular weight is 251 g/mol. The lowest BCUT2D eigenvalue weighted by atomic mass is 9.95. The third-order valence-electron chi connectivity index (χ3n) is 3.23. The molecular formula is C14H25N3O. The van der Waals surface area contributed by atoms with Crippen LogP contribution in [0.2, 0.25) is 0 Å². The minimum absolute atomic E-state index is 0.133. The van der Waals surface area contributed by atoms with Crippen molar-refractivity contribution in [2.45, 2.75) is 58.6 Å². The summed E-state index contributed by atoms with van der Waals surface area (Å²) < 4.78 is 5.89. The molecule has 4 nitrogen and oxygen atoms in total. The smallest absolute Gasteiger partial charge is 0.160 e. The van der Waals surface area contributed by atoms with Gasteiger partial charge in [-0.3, -0.25) is 0 Å². The molecule has 1 rings (SSSR count). The lowest BCUT2D eigenvalue weighted by Crippen LogP contribution is -2.31. The second kappa shape index (κ2) is 6.81. The molecule has 18 heavy (non-hydrogen) atoms. The van der Waals surface area contributed by atoms with Gasteiger partial charge < -0.3 is 10.5 Å². The lowest BCUT2D eigenvalue weighted by Gasteiger charge is -2.29. The number of hydrogen-bond acceptors (Lipinski definition) is 4. The molecule has 0 aliphatic heterocycles. The molecule has 0 bridgehead atoms. The number of nitrogens with two attached hydrogens (primary N) is 1. The van der Waals surface area contributed by atoms with Crippen LogP contribution in [0.1, 0.15) is 51.9 Å². The number of rotatable bonds is 7. The van der Waals surface area contributed by atoms with E-state index in [9.17, 15) is 0 Å². The summed E-state index contributed by atoms with van der Waals surface area (Å²) in [5, 5.41) is 0. The van der Waals surface area contributed by atoms with Gasteiger partial charge in [-0.1, -0.05) is 13.8 Å². The van der Waals surface area contributed by atoms with Crippen LogP contribution in [0.25, 0.3) is 0 Å². The molecule has 0 radical (unpaired) electrons. The van der Waals surface area contributed by atoms with Gasteiger partial charge >= 0.3 is 0 Å². The largest absolute Gasteiger partial charge is 0.367 e. The highest BCUT2D eigenvalue weighted by atomic mass is 16.5. The second-order valence-corrected chi connectivity index (χ2v) is 4.73. The number of nitrogens with zero attached hydrogens (tertiary/aromatic N) is 2. The molecule has 2 N–H and O–H groups in total. The Labute approximate surface area is 110 Å². The molecule has 4 heteroatoms. The van der Waals surface area contributed by atoms with Gasteiger partial charge in [0.15, 0.2) is 5.82 Å². The summed E-state index contributed by atoms with van der Waals surface area (Å²) in [6.45, 7) is 8.88. The van der Waals surface area contributed by atoms with Gasteiger partial charge in [0.1, 0.15) is 5.60 Å². The highest BCUT2D eigenvalue weighted by molar-refractivity contribution is 5.10. The van der Waals surface area contributed by atoms with Crippen LogP contribution in [0.15, 0.2) is 12.4 Å². The quantitative estimate of drug-likeness (QED) is 0.808. The van der Waals surface area contributed by atoms with Crippen LogP contribution in [-0.2, 0) is 16.8 Å². The fourth-order valence-electron chi connectivity index (χ4n) is 2.18. The van der Waals surface area contributed by atoms with Crippen LogP contribution in [0.5, 0.6) is 0 Å². The van der Waals surface area contributed by atoms with Gasteiger partial charge in [-0.2, -0.15) is 0 Å². The Hall–Kier alpha value is -1.00. The summed E-state index contributed by atoms with van der Waals surface area (Å²) in [7, 11) is 0. The first-order valence-corrected chi connectivity index (χ1v) is 6.78. The summed E-state index contributed by atoms with van der Waals surface area (Å²) in [6.07, 6.45) is 6.30. The van der Waals surface area contributed by atoms with Crippen LogP contribution < -0.4 is 5.73 Å². The maximum absolute atomic E-state index is 5.89. The molecular weight excluding hydrogens is 226 g/mol. The number of aromatic nitrogens is 2. The first kappa shape index (κ1) is 15.1. The SMILES string of the molecule is CCOC(CC)(CC)c1ncc(CC(C)N)cn1. The molecule has 0 saturated carbocycles. The van der Waals surface area contributed by atoms with E-state index in [1.807, 2.05) is 26.2 Å². The molecule has 0 spiro atoms. The molecule has 0 aliphatic carbocycles. The molecule has 0 aliphatic rings. The fourth-order valence-corrected chi connectivity index (χ4v) is 2.18. The molecule has 0 amide bonds. The highest BCUT2D eigenvalue weighted by Crippen LogP contribution is 2.30. The van der Waals surface area contributed by atoms with Crippen LogP contribution in [-0.4, -0.2) is 22.6 Å². The molecule has 1 heterocycles. The van der Waals surface area contributed by atoms with Crippen molar-refractivity contribution in [1.29, 1.82) is 0 Å². The number of hydrogen-bond donors (Lipinski definition) is 1. The van der Waals surface area contributed by atoms with Crippen molar-refractivity contribution in [2.75, 3.05) is 6.61 Å². The van der Waals surface area contributed by atoms with E-state index in [-0.39, 0.29) is 11.6 Å². The van der Waals surface area contributed by atoms with Gasteiger partial charge in [-0.15, -0.1) is 0 Å². The van der Waals surface area contributed by atoms with Crippen molar-refractivity contribution >= 4 is 0 Å². The van der Waals surface area contributed by atoms with Crippen molar-refractivity contribution in [2.24, 2.45) is 5.73 Å². The van der Waals surface area contributed by atoms with E-state index in [4.69, 9.17) is 10.5 Å². The van der Waals surface area contributed by atoms with Crippen LogP contribution in [0.4, 0.5) is 0 Å². The first-order chi connectivity index (χ1) is 8.57. The van der Waals surface area contributed by atoms with E-state index in [0.29, 0.717) is 6.61 Å². The standard InChI is InChI=1S/C14H25N3O/c1-5-14(6-2,18-7-3)13-16-9-12(10-17-13)8-11(4)15/h9-11H,5-8,15H2,1-4H3. The molecule has 1 unspecified atom stereocenters. The molecule has 1 atom stereocenters. The van der Waals surface area contributed by atoms with E-state index in [0.717, 1.165) is 30.7 Å². The van der Waals surface area contributed by atoms with Gasteiger partial charge in [0, 0.05) is 25.0 Å². The van der Waals surface area contributed by atoms with Gasteiger partial charge in [0.05, 0.1) is 0 Å². The Bertz CT molecular complexity index is 345. The topological polar surface area (TPSA) is 61.0 Å². The Kier molecular flexibility index (Phi) is 5.69. The third-order valence-corrected chi connectivity index (χ3v) is 3.23. The molecule has 0 fully saturated rings. The minimum atomic E-state index is -0.346. The monoisotopic (exact) mass is 251 g/mol. The van der Waals surface area contributed by atoms with Gasteiger partial charge in [0.25, 0.3) is 0 Å². The van der Waals surface area contributed by atoms with Crippen molar-refractivity contribution in [3.63, 3.8) is 0 Å². The Morgan fingerprint density at radius 3 is 2.17 bits per heavy atom. The van der Waals surface area contributed by atoms with E-state index in [1.54, 1.807) is 0 Å². The Morgan fingerprint density at radius 2 is 1.78 bits per heavy atom. The predicted molar refractivity (Wildman–Crippen MR) is 73.3 cm³/mol. The zero-order valence-corrected chi connectivity index (χ0v) is 11.9. The Balaban J connectivity index is 2.93. The van der Waals surface area contributed by atoms with Crippen molar-refractivity contribution in [3.8, 4) is 0 Å². The molecule has 0 saturated heterocycles. The summed E-state index contributed by atoms with van der Waals surface area (Å²) in [5.41, 5.74) is 6.50. The normalized spacial score (nSPS) is 13.6. The van der Waals surface area contributed by atoms with Gasteiger partial charge in [-0.05, 0) is 38.7 Å².